The van der Waals surface area contributed by atoms with Crippen LogP contribution in [0, 0.1) is 5.92 Å². The van der Waals surface area contributed by atoms with Crippen molar-refractivity contribution in [3.8, 4) is 0 Å². The predicted octanol–water partition coefficient (Wildman–Crippen LogP) is 2.66. The highest BCUT2D eigenvalue weighted by Gasteiger charge is 2.20. The molecule has 0 amide bonds. The molecule has 5 heteroatoms. The molecule has 0 fully saturated rings. The van der Waals surface area contributed by atoms with Gasteiger partial charge in [-0.05, 0) is 34.8 Å². The van der Waals surface area contributed by atoms with Gasteiger partial charge in [-0.3, -0.25) is 0 Å². The van der Waals surface area contributed by atoms with E-state index in [2.05, 4.69) is 52.3 Å². The topological polar surface area (TPSA) is 42.7 Å². The molecular weight excluding hydrogens is 268 g/mol. The maximum Gasteiger partial charge on any atom is 0.153 e. The van der Waals surface area contributed by atoms with Crippen molar-refractivity contribution in [1.29, 1.82) is 0 Å². The number of aromatic nitrogens is 3. The van der Waals surface area contributed by atoms with Gasteiger partial charge in [0.15, 0.2) is 4.60 Å². The van der Waals surface area contributed by atoms with Crippen molar-refractivity contribution in [2.45, 2.75) is 39.7 Å². The van der Waals surface area contributed by atoms with Gasteiger partial charge in [0.1, 0.15) is 0 Å². The zero-order valence-corrected chi connectivity index (χ0v) is 12.1. The maximum atomic E-state index is 4.04. The minimum Gasteiger partial charge on any atom is -0.309 e. The van der Waals surface area contributed by atoms with E-state index in [4.69, 9.17) is 0 Å². The largest absolute Gasteiger partial charge is 0.309 e. The molecule has 0 saturated carbocycles. The normalized spacial score (nSPS) is 15.1. The van der Waals surface area contributed by atoms with Crippen molar-refractivity contribution in [2.75, 3.05) is 6.54 Å². The van der Waals surface area contributed by atoms with E-state index >= 15 is 0 Å². The van der Waals surface area contributed by atoms with Gasteiger partial charge in [-0.25, -0.2) is 4.68 Å². The molecule has 4 nitrogen and oxygen atoms in total. The van der Waals surface area contributed by atoms with Crippen LogP contribution in [0.1, 0.15) is 45.3 Å². The summed E-state index contributed by atoms with van der Waals surface area (Å²) in [5, 5.41) is 11.6. The quantitative estimate of drug-likeness (QED) is 0.875. The molecular formula is C11H21BrN4. The number of nitrogens with one attached hydrogen (secondary N) is 1. The number of rotatable bonds is 6. The fourth-order valence-electron chi connectivity index (χ4n) is 1.82. The number of hydrogen-bond acceptors (Lipinski definition) is 3. The first kappa shape index (κ1) is 13.6. The first-order valence-corrected chi connectivity index (χ1v) is 6.67. The Labute approximate surface area is 106 Å². The Morgan fingerprint density at radius 3 is 2.56 bits per heavy atom. The molecule has 1 aromatic rings. The lowest BCUT2D eigenvalue weighted by molar-refractivity contribution is 0.391. The van der Waals surface area contributed by atoms with Gasteiger partial charge in [0.2, 0.25) is 0 Å². The fraction of sp³-hybridized carbons (Fsp3) is 0.818. The second-order valence-corrected chi connectivity index (χ2v) is 5.00. The van der Waals surface area contributed by atoms with E-state index in [1.165, 1.54) is 6.42 Å². The molecule has 0 bridgehead atoms. The molecule has 2 unspecified atom stereocenters. The third kappa shape index (κ3) is 3.28. The smallest absolute Gasteiger partial charge is 0.153 e. The van der Waals surface area contributed by atoms with Crippen molar-refractivity contribution in [3.05, 3.63) is 10.3 Å². The average molecular weight is 289 g/mol. The summed E-state index contributed by atoms with van der Waals surface area (Å²) in [4.78, 5) is 0. The molecule has 0 aromatic carbocycles. The second kappa shape index (κ2) is 6.35. The summed E-state index contributed by atoms with van der Waals surface area (Å²) in [6.07, 6.45) is 2.31. The minimum absolute atomic E-state index is 0.328. The van der Waals surface area contributed by atoms with Crippen LogP contribution in [0.5, 0.6) is 0 Å². The van der Waals surface area contributed by atoms with E-state index in [1.807, 2.05) is 11.7 Å². The molecule has 0 saturated heterocycles. The fourth-order valence-corrected chi connectivity index (χ4v) is 2.42. The van der Waals surface area contributed by atoms with Crippen LogP contribution in [0.3, 0.4) is 0 Å². The number of hydrogen-bond donors (Lipinski definition) is 1. The van der Waals surface area contributed by atoms with E-state index < -0.39 is 0 Å². The van der Waals surface area contributed by atoms with Crippen molar-refractivity contribution < 1.29 is 0 Å². The van der Waals surface area contributed by atoms with Gasteiger partial charge in [-0.15, -0.1) is 5.10 Å². The van der Waals surface area contributed by atoms with E-state index in [0.717, 1.165) is 23.3 Å². The third-order valence-electron chi connectivity index (χ3n) is 2.94. The summed E-state index contributed by atoms with van der Waals surface area (Å²) in [5.74, 6) is 0.700. The van der Waals surface area contributed by atoms with Crippen LogP contribution in [0.25, 0.3) is 0 Å². The predicted molar refractivity (Wildman–Crippen MR) is 69.2 cm³/mol. The zero-order chi connectivity index (χ0) is 12.1. The molecule has 0 radical (unpaired) electrons. The van der Waals surface area contributed by atoms with E-state index in [1.54, 1.807) is 0 Å². The van der Waals surface area contributed by atoms with Gasteiger partial charge >= 0.3 is 0 Å². The van der Waals surface area contributed by atoms with Crippen LogP contribution in [0.4, 0.5) is 0 Å². The molecule has 2 atom stereocenters. The molecule has 1 aromatic heterocycles. The highest BCUT2D eigenvalue weighted by molar-refractivity contribution is 9.10. The van der Waals surface area contributed by atoms with Crippen LogP contribution in [0.15, 0.2) is 4.60 Å². The van der Waals surface area contributed by atoms with E-state index in [9.17, 15) is 0 Å². The summed E-state index contributed by atoms with van der Waals surface area (Å²) in [6.45, 7) is 7.59. The lowest BCUT2D eigenvalue weighted by Crippen LogP contribution is -2.25. The summed E-state index contributed by atoms with van der Waals surface area (Å²) < 4.78 is 2.70. The lowest BCUT2D eigenvalue weighted by atomic mass is 9.97. The highest BCUT2D eigenvalue weighted by atomic mass is 79.9. The summed E-state index contributed by atoms with van der Waals surface area (Å²) >= 11 is 3.47. The number of aryl methyl sites for hydroxylation is 1. The SMILES string of the molecule is CCNC(CC(C)CC)c1c(Br)nnn1C. The molecule has 92 valence electrons. The van der Waals surface area contributed by atoms with E-state index in [0.29, 0.717) is 12.0 Å². The van der Waals surface area contributed by atoms with E-state index in [-0.39, 0.29) is 0 Å². The molecule has 0 aliphatic heterocycles. The second-order valence-electron chi connectivity index (χ2n) is 4.25. The Balaban J connectivity index is 2.84. The zero-order valence-electron chi connectivity index (χ0n) is 10.5. The Morgan fingerprint density at radius 2 is 2.12 bits per heavy atom. The lowest BCUT2D eigenvalue weighted by Gasteiger charge is -2.21. The van der Waals surface area contributed by atoms with Gasteiger partial charge in [-0.1, -0.05) is 32.4 Å². The minimum atomic E-state index is 0.328. The van der Waals surface area contributed by atoms with Crippen LogP contribution >= 0.6 is 15.9 Å². The van der Waals surface area contributed by atoms with Crippen LogP contribution < -0.4 is 5.32 Å². The summed E-state index contributed by atoms with van der Waals surface area (Å²) in [5.41, 5.74) is 1.14. The van der Waals surface area contributed by atoms with Gasteiger partial charge in [0.05, 0.1) is 11.7 Å². The number of halogens is 1. The molecule has 0 aliphatic rings. The molecule has 1 N–H and O–H groups in total. The maximum absolute atomic E-state index is 4.04. The molecule has 0 aliphatic carbocycles. The van der Waals surface area contributed by atoms with Crippen molar-refractivity contribution in [1.82, 2.24) is 20.3 Å². The number of nitrogens with zero attached hydrogens (tertiary/aromatic N) is 3. The van der Waals surface area contributed by atoms with Crippen LogP contribution in [0.2, 0.25) is 0 Å². The Bertz CT molecular complexity index is 304. The van der Waals surface area contributed by atoms with Crippen LogP contribution in [-0.2, 0) is 7.05 Å². The Hall–Kier alpha value is -0.420. The molecule has 1 rings (SSSR count). The van der Waals surface area contributed by atoms with Crippen molar-refractivity contribution in [2.24, 2.45) is 13.0 Å². The monoisotopic (exact) mass is 288 g/mol. The first-order valence-electron chi connectivity index (χ1n) is 5.88. The molecule has 16 heavy (non-hydrogen) atoms. The van der Waals surface area contributed by atoms with Gasteiger partial charge in [-0.2, -0.15) is 0 Å². The Kier molecular flexibility index (Phi) is 5.41. The van der Waals surface area contributed by atoms with Gasteiger partial charge < -0.3 is 5.32 Å². The average Bonchev–Trinajstić information content (AvgIpc) is 2.58. The highest BCUT2D eigenvalue weighted by Crippen LogP contribution is 2.26. The summed E-state index contributed by atoms with van der Waals surface area (Å²) in [7, 11) is 1.94. The van der Waals surface area contributed by atoms with Gasteiger partial charge in [0, 0.05) is 7.05 Å². The van der Waals surface area contributed by atoms with Gasteiger partial charge in [0.25, 0.3) is 0 Å². The summed E-state index contributed by atoms with van der Waals surface area (Å²) in [6, 6.07) is 0.328. The van der Waals surface area contributed by atoms with Crippen molar-refractivity contribution >= 4 is 15.9 Å². The van der Waals surface area contributed by atoms with Crippen molar-refractivity contribution in [3.63, 3.8) is 0 Å². The standard InChI is InChI=1S/C11H21BrN4/c1-5-8(3)7-9(13-6-2)10-11(12)14-15-16(10)4/h8-9,13H,5-7H2,1-4H3. The Morgan fingerprint density at radius 1 is 1.44 bits per heavy atom. The third-order valence-corrected chi connectivity index (χ3v) is 3.51. The molecule has 1 heterocycles. The van der Waals surface area contributed by atoms with Crippen LogP contribution in [-0.4, -0.2) is 21.5 Å². The first-order chi connectivity index (χ1) is 7.60. The molecule has 0 spiro atoms.